The molecule has 3 aromatic carbocycles. The van der Waals surface area contributed by atoms with Crippen LogP contribution in [0.2, 0.25) is 0 Å². The maximum Gasteiger partial charge on any atom is 0.251 e. The number of nitrogens with zero attached hydrogens (tertiary/aromatic N) is 2. The molecule has 1 aliphatic rings. The van der Waals surface area contributed by atoms with E-state index in [2.05, 4.69) is 5.32 Å². The van der Waals surface area contributed by atoms with Crippen LogP contribution in [-0.2, 0) is 9.84 Å². The fourth-order valence-electron chi connectivity index (χ4n) is 4.52. The van der Waals surface area contributed by atoms with Crippen molar-refractivity contribution in [3.63, 3.8) is 0 Å². The van der Waals surface area contributed by atoms with E-state index in [1.807, 2.05) is 0 Å². The van der Waals surface area contributed by atoms with Gasteiger partial charge in [-0.05, 0) is 67.9 Å². The zero-order valence-corrected chi connectivity index (χ0v) is 20.2. The number of hydrogen-bond donors (Lipinski definition) is 2. The summed E-state index contributed by atoms with van der Waals surface area (Å²) in [4.78, 5) is 24.8. The van der Waals surface area contributed by atoms with Gasteiger partial charge in [0.15, 0.2) is 9.84 Å². The summed E-state index contributed by atoms with van der Waals surface area (Å²) in [5, 5.41) is 8.30. The van der Waals surface area contributed by atoms with Crippen molar-refractivity contribution in [2.45, 2.75) is 18.9 Å². The molecule has 1 atom stereocenters. The predicted molar refractivity (Wildman–Crippen MR) is 134 cm³/mol. The van der Waals surface area contributed by atoms with Crippen LogP contribution >= 0.6 is 0 Å². The highest BCUT2D eigenvalue weighted by Gasteiger charge is 2.39. The normalized spacial score (nSPS) is 18.8. The lowest BCUT2D eigenvalue weighted by molar-refractivity contribution is 0.0914. The number of primary amides is 1. The van der Waals surface area contributed by atoms with Gasteiger partial charge in [0.05, 0.1) is 28.2 Å². The zero-order valence-electron chi connectivity index (χ0n) is 19.4. The lowest BCUT2D eigenvalue weighted by Gasteiger charge is -2.23. The molecular weight excluding hydrogens is 483 g/mol. The van der Waals surface area contributed by atoms with E-state index in [0.717, 1.165) is 0 Å². The largest absolute Gasteiger partial charge is 0.366 e. The van der Waals surface area contributed by atoms with Gasteiger partial charge in [0.2, 0.25) is 5.91 Å². The molecule has 184 valence electrons. The third-order valence-corrected chi connectivity index (χ3v) is 8.26. The van der Waals surface area contributed by atoms with E-state index < -0.39 is 33.0 Å². The summed E-state index contributed by atoms with van der Waals surface area (Å²) in [6, 6.07) is 17.6. The van der Waals surface area contributed by atoms with Crippen LogP contribution in [0, 0.1) is 5.82 Å². The van der Waals surface area contributed by atoms with Crippen LogP contribution in [-0.4, -0.2) is 47.1 Å². The molecule has 1 fully saturated rings. The Morgan fingerprint density at radius 2 is 1.81 bits per heavy atom. The number of rotatable bonds is 5. The van der Waals surface area contributed by atoms with E-state index in [-0.39, 0.29) is 11.5 Å². The zero-order chi connectivity index (χ0) is 25.7. The summed E-state index contributed by atoms with van der Waals surface area (Å²) < 4.78 is 39.1. The molecule has 0 radical (unpaired) electrons. The molecule has 0 aliphatic carbocycles. The van der Waals surface area contributed by atoms with Gasteiger partial charge in [-0.2, -0.15) is 5.10 Å². The van der Waals surface area contributed by atoms with Crippen molar-refractivity contribution < 1.29 is 22.4 Å². The third-order valence-electron chi connectivity index (χ3n) is 6.35. The summed E-state index contributed by atoms with van der Waals surface area (Å²) >= 11 is 0. The molecule has 4 aromatic rings. The maximum absolute atomic E-state index is 13.6. The summed E-state index contributed by atoms with van der Waals surface area (Å²) in [6.45, 7) is 1.72. The van der Waals surface area contributed by atoms with Crippen LogP contribution in [0.25, 0.3) is 27.8 Å². The summed E-state index contributed by atoms with van der Waals surface area (Å²) in [5.41, 5.74) is 7.62. The molecule has 2 amide bonds. The quantitative estimate of drug-likeness (QED) is 0.430. The van der Waals surface area contributed by atoms with Gasteiger partial charge in [0.1, 0.15) is 11.5 Å². The number of nitrogens with one attached hydrogen (secondary N) is 1. The minimum absolute atomic E-state index is 0.0356. The van der Waals surface area contributed by atoms with Gasteiger partial charge >= 0.3 is 0 Å². The van der Waals surface area contributed by atoms with Gasteiger partial charge in [-0.1, -0.05) is 12.1 Å². The fraction of sp³-hybridized carbons (Fsp3) is 0.192. The molecule has 0 bridgehead atoms. The van der Waals surface area contributed by atoms with Crippen molar-refractivity contribution in [2.24, 2.45) is 5.73 Å². The number of benzene rings is 3. The molecule has 1 aliphatic heterocycles. The molecule has 36 heavy (non-hydrogen) atoms. The van der Waals surface area contributed by atoms with Gasteiger partial charge in [0.25, 0.3) is 5.91 Å². The molecule has 1 aromatic heterocycles. The van der Waals surface area contributed by atoms with Crippen LogP contribution in [0.15, 0.2) is 66.7 Å². The van der Waals surface area contributed by atoms with Crippen molar-refractivity contribution in [1.82, 2.24) is 15.1 Å². The number of nitrogens with two attached hydrogens (primary N) is 1. The number of carbonyl (C=O) groups is 2. The fourth-order valence-corrected chi connectivity index (χ4v) is 6.62. The first-order valence-electron chi connectivity index (χ1n) is 11.3. The first-order chi connectivity index (χ1) is 17.0. The van der Waals surface area contributed by atoms with E-state index in [0.29, 0.717) is 45.4 Å². The topological polar surface area (TPSA) is 124 Å². The second-order valence-electron chi connectivity index (χ2n) is 9.27. The molecule has 3 N–H and O–H groups in total. The Bertz CT molecular complexity index is 1630. The van der Waals surface area contributed by atoms with Crippen molar-refractivity contribution in [2.75, 3.05) is 11.5 Å². The second kappa shape index (κ2) is 8.56. The minimum Gasteiger partial charge on any atom is -0.366 e. The van der Waals surface area contributed by atoms with E-state index in [9.17, 15) is 22.4 Å². The summed E-state index contributed by atoms with van der Waals surface area (Å²) in [7, 11) is -3.19. The highest BCUT2D eigenvalue weighted by Crippen LogP contribution is 2.32. The van der Waals surface area contributed by atoms with Gasteiger partial charge in [-0.15, -0.1) is 0 Å². The number of carbonyl (C=O) groups excluding carboxylic acids is 2. The first kappa shape index (κ1) is 23.7. The Morgan fingerprint density at radius 3 is 2.47 bits per heavy atom. The highest BCUT2D eigenvalue weighted by molar-refractivity contribution is 7.91. The smallest absolute Gasteiger partial charge is 0.251 e. The number of hydrogen-bond acceptors (Lipinski definition) is 5. The number of halogens is 1. The Labute approximate surface area is 206 Å². The van der Waals surface area contributed by atoms with Gasteiger partial charge < -0.3 is 11.1 Å². The predicted octanol–water partition coefficient (Wildman–Crippen LogP) is 3.24. The average Bonchev–Trinajstić information content (AvgIpc) is 3.35. The minimum atomic E-state index is -3.19. The molecule has 1 unspecified atom stereocenters. The van der Waals surface area contributed by atoms with Crippen molar-refractivity contribution in [3.05, 3.63) is 83.7 Å². The average molecular weight is 507 g/mol. The van der Waals surface area contributed by atoms with Crippen molar-refractivity contribution in [3.8, 4) is 16.9 Å². The van der Waals surface area contributed by atoms with E-state index in [4.69, 9.17) is 10.8 Å². The molecule has 0 spiro atoms. The Kier molecular flexibility index (Phi) is 5.63. The van der Waals surface area contributed by atoms with E-state index >= 15 is 0 Å². The number of aromatic nitrogens is 2. The van der Waals surface area contributed by atoms with Gasteiger partial charge in [0, 0.05) is 22.1 Å². The number of fused-ring (bicyclic) bond motifs is 1. The molecule has 5 rings (SSSR count). The molecule has 10 heteroatoms. The van der Waals surface area contributed by atoms with E-state index in [1.165, 1.54) is 12.1 Å². The van der Waals surface area contributed by atoms with Crippen LogP contribution in [0.5, 0.6) is 0 Å². The summed E-state index contributed by atoms with van der Waals surface area (Å²) in [5.74, 6) is -1.44. The number of amides is 2. The lowest BCUT2D eigenvalue weighted by atomic mass is 10.0. The second-order valence-corrected chi connectivity index (χ2v) is 11.5. The lowest BCUT2D eigenvalue weighted by Crippen LogP contribution is -2.46. The molecule has 1 saturated heterocycles. The number of sulfone groups is 1. The summed E-state index contributed by atoms with van der Waals surface area (Å²) in [6.07, 6.45) is 0.344. The molecule has 8 nitrogen and oxygen atoms in total. The van der Waals surface area contributed by atoms with Crippen LogP contribution in [0.3, 0.4) is 0 Å². The molecule has 2 heterocycles. The Balaban J connectivity index is 1.62. The van der Waals surface area contributed by atoms with Gasteiger partial charge in [-0.3, -0.25) is 9.59 Å². The van der Waals surface area contributed by atoms with Crippen molar-refractivity contribution in [1.29, 1.82) is 0 Å². The van der Waals surface area contributed by atoms with Crippen molar-refractivity contribution >= 4 is 32.6 Å². The first-order valence-corrected chi connectivity index (χ1v) is 13.1. The molecular formula is C26H23FN4O4S. The van der Waals surface area contributed by atoms with Crippen LogP contribution < -0.4 is 11.1 Å². The Morgan fingerprint density at radius 1 is 1.06 bits per heavy atom. The molecule has 0 saturated carbocycles. The SMILES string of the molecule is CC1(NC(=O)c2ccc3c(-c4cccc(C(N)=O)c4)nn(-c4ccc(F)cc4)c3c2)CCS(=O)(=O)C1. The standard InChI is InChI=1S/C26H23FN4O4S/c1-26(11-12-36(34,35)15-26)29-25(33)18-5-10-21-22(14-18)31(20-8-6-19(27)7-9-20)30-23(21)16-3-2-4-17(13-16)24(28)32/h2-10,13-14H,11-12,15H2,1H3,(H2,28,32)(H,29,33). The van der Waals surface area contributed by atoms with Crippen LogP contribution in [0.1, 0.15) is 34.1 Å². The highest BCUT2D eigenvalue weighted by atomic mass is 32.2. The Hall–Kier alpha value is -4.05. The van der Waals surface area contributed by atoms with E-state index in [1.54, 1.807) is 66.2 Å². The maximum atomic E-state index is 13.6. The van der Waals surface area contributed by atoms with Crippen LogP contribution in [0.4, 0.5) is 4.39 Å². The van der Waals surface area contributed by atoms with Gasteiger partial charge in [-0.25, -0.2) is 17.5 Å². The monoisotopic (exact) mass is 506 g/mol. The third kappa shape index (κ3) is 4.47.